The van der Waals surface area contributed by atoms with Crippen molar-refractivity contribution in [3.63, 3.8) is 0 Å². The van der Waals surface area contributed by atoms with E-state index >= 15 is 0 Å². The summed E-state index contributed by atoms with van der Waals surface area (Å²) in [4.78, 5) is 12.8. The summed E-state index contributed by atoms with van der Waals surface area (Å²) in [6.07, 6.45) is 9.54. The van der Waals surface area contributed by atoms with Gasteiger partial charge in [-0.05, 0) is 62.3 Å². The van der Waals surface area contributed by atoms with Crippen LogP contribution in [0.15, 0.2) is 30.3 Å². The highest BCUT2D eigenvalue weighted by atomic mass is 16.5. The minimum atomic E-state index is -0.226. The monoisotopic (exact) mass is 342 g/mol. The Balaban J connectivity index is 1.39. The minimum absolute atomic E-state index is 0.139. The maximum Gasteiger partial charge on any atom is 0.241 e. The quantitative estimate of drug-likeness (QED) is 0.863. The fourth-order valence-corrected chi connectivity index (χ4v) is 4.42. The number of hydrogen-bond donors (Lipinski definition) is 2. The first kappa shape index (κ1) is 17.0. The third-order valence-corrected chi connectivity index (χ3v) is 6.32. The van der Waals surface area contributed by atoms with E-state index in [2.05, 4.69) is 22.8 Å². The van der Waals surface area contributed by atoms with Crippen LogP contribution in [0, 0.1) is 5.41 Å². The number of hydrogen-bond acceptors (Lipinski definition) is 3. The van der Waals surface area contributed by atoms with Gasteiger partial charge in [0.1, 0.15) is 6.04 Å². The molecule has 1 atom stereocenters. The van der Waals surface area contributed by atoms with Crippen LogP contribution in [-0.2, 0) is 9.53 Å². The standard InChI is InChI=1S/C21H30N2O2/c24-20(23-17-6-7-17)19(16-4-2-1-3-5-16)22-18-8-10-21(11-9-18)12-14-25-15-13-21/h1-5,17-19,22H,6-15H2,(H,23,24). The van der Waals surface area contributed by atoms with Crippen LogP contribution in [0.25, 0.3) is 0 Å². The van der Waals surface area contributed by atoms with Gasteiger partial charge in [-0.1, -0.05) is 30.3 Å². The second-order valence-electron chi connectivity index (χ2n) is 8.18. The van der Waals surface area contributed by atoms with E-state index in [9.17, 15) is 4.79 Å². The van der Waals surface area contributed by atoms with E-state index in [1.807, 2.05) is 18.2 Å². The predicted octanol–water partition coefficient (Wildman–Crippen LogP) is 3.34. The highest BCUT2D eigenvalue weighted by Gasteiger charge is 2.38. The molecule has 1 heterocycles. The number of amides is 1. The van der Waals surface area contributed by atoms with Gasteiger partial charge in [0.05, 0.1) is 0 Å². The lowest BCUT2D eigenvalue weighted by atomic mass is 9.68. The molecule has 136 valence electrons. The Hall–Kier alpha value is -1.39. The van der Waals surface area contributed by atoms with Crippen LogP contribution in [0.3, 0.4) is 0 Å². The molecule has 1 spiro atoms. The average molecular weight is 342 g/mol. The van der Waals surface area contributed by atoms with Crippen molar-refractivity contribution in [2.75, 3.05) is 13.2 Å². The Morgan fingerprint density at radius 1 is 0.960 bits per heavy atom. The first-order valence-electron chi connectivity index (χ1n) is 9.93. The molecule has 0 aromatic heterocycles. The van der Waals surface area contributed by atoms with Crippen molar-refractivity contribution in [1.29, 1.82) is 0 Å². The van der Waals surface area contributed by atoms with Gasteiger partial charge >= 0.3 is 0 Å². The van der Waals surface area contributed by atoms with E-state index < -0.39 is 0 Å². The zero-order valence-electron chi connectivity index (χ0n) is 15.0. The number of rotatable bonds is 5. The Labute approximate surface area is 150 Å². The van der Waals surface area contributed by atoms with Crippen molar-refractivity contribution >= 4 is 5.91 Å². The number of carbonyl (C=O) groups is 1. The number of benzene rings is 1. The van der Waals surface area contributed by atoms with Crippen LogP contribution >= 0.6 is 0 Å². The fourth-order valence-electron chi connectivity index (χ4n) is 4.42. The van der Waals surface area contributed by atoms with Gasteiger partial charge in [-0.25, -0.2) is 0 Å². The Morgan fingerprint density at radius 2 is 1.64 bits per heavy atom. The van der Waals surface area contributed by atoms with E-state index in [1.54, 1.807) is 0 Å². The lowest BCUT2D eigenvalue weighted by molar-refractivity contribution is -0.123. The maximum absolute atomic E-state index is 12.8. The van der Waals surface area contributed by atoms with Gasteiger partial charge in [0, 0.05) is 25.3 Å². The molecule has 1 amide bonds. The number of ether oxygens (including phenoxy) is 1. The van der Waals surface area contributed by atoms with Crippen molar-refractivity contribution in [1.82, 2.24) is 10.6 Å². The highest BCUT2D eigenvalue weighted by molar-refractivity contribution is 5.83. The Bertz CT molecular complexity index is 569. The molecule has 0 bridgehead atoms. The SMILES string of the molecule is O=C(NC1CC1)C(NC1CCC2(CCOCC2)CC1)c1ccccc1. The molecule has 2 N–H and O–H groups in total. The lowest BCUT2D eigenvalue weighted by Crippen LogP contribution is -2.46. The maximum atomic E-state index is 12.8. The molecule has 1 aromatic carbocycles. The summed E-state index contributed by atoms with van der Waals surface area (Å²) < 4.78 is 5.55. The molecule has 4 nitrogen and oxygen atoms in total. The van der Waals surface area contributed by atoms with E-state index in [1.165, 1.54) is 38.5 Å². The van der Waals surface area contributed by atoms with Gasteiger partial charge in [-0.15, -0.1) is 0 Å². The zero-order valence-corrected chi connectivity index (χ0v) is 15.0. The van der Waals surface area contributed by atoms with Gasteiger partial charge in [0.25, 0.3) is 0 Å². The first-order valence-corrected chi connectivity index (χ1v) is 9.93. The zero-order chi connectivity index (χ0) is 17.1. The van der Waals surface area contributed by atoms with Crippen LogP contribution in [0.5, 0.6) is 0 Å². The molecule has 3 aliphatic rings. The highest BCUT2D eigenvalue weighted by Crippen LogP contribution is 2.44. The summed E-state index contributed by atoms with van der Waals surface area (Å²) in [6, 6.07) is 10.8. The summed E-state index contributed by atoms with van der Waals surface area (Å²) in [7, 11) is 0. The van der Waals surface area contributed by atoms with Crippen molar-refractivity contribution in [3.05, 3.63) is 35.9 Å². The fraction of sp³-hybridized carbons (Fsp3) is 0.667. The number of carbonyl (C=O) groups excluding carboxylic acids is 1. The molecule has 1 aliphatic heterocycles. The second-order valence-corrected chi connectivity index (χ2v) is 8.18. The van der Waals surface area contributed by atoms with Crippen LogP contribution < -0.4 is 10.6 Å². The molecule has 25 heavy (non-hydrogen) atoms. The molecule has 0 radical (unpaired) electrons. The topological polar surface area (TPSA) is 50.4 Å². The molecule has 1 unspecified atom stereocenters. The smallest absolute Gasteiger partial charge is 0.241 e. The molecule has 1 aromatic rings. The summed E-state index contributed by atoms with van der Waals surface area (Å²) in [5, 5.41) is 6.86. The molecule has 3 fully saturated rings. The molecule has 1 saturated heterocycles. The molecule has 2 saturated carbocycles. The summed E-state index contributed by atoms with van der Waals surface area (Å²) >= 11 is 0. The van der Waals surface area contributed by atoms with Gasteiger partial charge in [0.15, 0.2) is 0 Å². The minimum Gasteiger partial charge on any atom is -0.381 e. The van der Waals surface area contributed by atoms with Gasteiger partial charge in [0.2, 0.25) is 5.91 Å². The molecular weight excluding hydrogens is 312 g/mol. The first-order chi connectivity index (χ1) is 12.2. The largest absolute Gasteiger partial charge is 0.381 e. The predicted molar refractivity (Wildman–Crippen MR) is 98.2 cm³/mol. The van der Waals surface area contributed by atoms with Gasteiger partial charge in [-0.3, -0.25) is 10.1 Å². The Kier molecular flexibility index (Phi) is 5.09. The van der Waals surface area contributed by atoms with Crippen molar-refractivity contribution in [3.8, 4) is 0 Å². The Morgan fingerprint density at radius 3 is 2.28 bits per heavy atom. The van der Waals surface area contributed by atoms with E-state index in [4.69, 9.17) is 4.74 Å². The van der Waals surface area contributed by atoms with E-state index in [0.717, 1.165) is 31.6 Å². The summed E-state index contributed by atoms with van der Waals surface area (Å²) in [6.45, 7) is 1.85. The molecule has 4 heteroatoms. The number of nitrogens with one attached hydrogen (secondary N) is 2. The van der Waals surface area contributed by atoms with E-state index in [0.29, 0.717) is 17.5 Å². The summed E-state index contributed by atoms with van der Waals surface area (Å²) in [5.41, 5.74) is 1.58. The normalized spacial score (nSPS) is 24.8. The van der Waals surface area contributed by atoms with Crippen LogP contribution in [0.1, 0.15) is 63.0 Å². The molecule has 2 aliphatic carbocycles. The van der Waals surface area contributed by atoms with Crippen LogP contribution in [0.4, 0.5) is 0 Å². The van der Waals surface area contributed by atoms with Gasteiger partial charge in [-0.2, -0.15) is 0 Å². The molecular formula is C21H30N2O2. The van der Waals surface area contributed by atoms with Crippen LogP contribution in [0.2, 0.25) is 0 Å². The lowest BCUT2D eigenvalue weighted by Gasteiger charge is -2.43. The van der Waals surface area contributed by atoms with E-state index in [-0.39, 0.29) is 11.9 Å². The van der Waals surface area contributed by atoms with Gasteiger partial charge < -0.3 is 10.1 Å². The average Bonchev–Trinajstić information content (AvgIpc) is 3.47. The van der Waals surface area contributed by atoms with Crippen molar-refractivity contribution < 1.29 is 9.53 Å². The third-order valence-electron chi connectivity index (χ3n) is 6.32. The second kappa shape index (κ2) is 7.46. The third kappa shape index (κ3) is 4.24. The summed E-state index contributed by atoms with van der Waals surface area (Å²) in [5.74, 6) is 0.139. The molecule has 4 rings (SSSR count). The van der Waals surface area contributed by atoms with Crippen LogP contribution in [-0.4, -0.2) is 31.2 Å². The van der Waals surface area contributed by atoms with Crippen molar-refractivity contribution in [2.24, 2.45) is 5.41 Å². The van der Waals surface area contributed by atoms with Crippen molar-refractivity contribution in [2.45, 2.75) is 69.5 Å².